The molecule has 0 bridgehead atoms. The Morgan fingerprint density at radius 3 is 1.37 bits per heavy atom. The van der Waals surface area contributed by atoms with Gasteiger partial charge in [0.2, 0.25) is 0 Å². The molecule has 0 heterocycles. The molecule has 0 radical (unpaired) electrons. The summed E-state index contributed by atoms with van der Waals surface area (Å²) in [6.07, 6.45) is 3.03. The van der Waals surface area contributed by atoms with Gasteiger partial charge in [0.05, 0.1) is 5.69 Å². The van der Waals surface area contributed by atoms with Crippen molar-refractivity contribution in [2.24, 2.45) is 4.99 Å². The van der Waals surface area contributed by atoms with Gasteiger partial charge < -0.3 is 0 Å². The van der Waals surface area contributed by atoms with Crippen LogP contribution in [0.4, 0.5) is 5.69 Å². The molecule has 0 atom stereocenters. The van der Waals surface area contributed by atoms with Crippen LogP contribution in [0.2, 0.25) is 0 Å². The molecule has 0 amide bonds. The lowest BCUT2D eigenvalue weighted by Gasteiger charge is -2.19. The van der Waals surface area contributed by atoms with E-state index in [1.807, 2.05) is 0 Å². The molecule has 0 unspecified atom stereocenters. The average molecular weight is 364 g/mol. The third-order valence-electron chi connectivity index (χ3n) is 5.35. The smallest absolute Gasteiger partial charge is 0.0694 e. The zero-order valence-corrected chi connectivity index (χ0v) is 18.5. The molecule has 2 aromatic carbocycles. The highest BCUT2D eigenvalue weighted by Gasteiger charge is 2.14. The summed E-state index contributed by atoms with van der Waals surface area (Å²) in [6.45, 7) is 18.1. The van der Waals surface area contributed by atoms with Crippen LogP contribution in [-0.2, 0) is 6.42 Å². The summed E-state index contributed by atoms with van der Waals surface area (Å²) in [5.41, 5.74) is 8.23. The highest BCUT2D eigenvalue weighted by Crippen LogP contribution is 2.35. The first kappa shape index (κ1) is 21.4. The minimum atomic E-state index is 0.477. The highest BCUT2D eigenvalue weighted by atomic mass is 14.7. The molecule has 27 heavy (non-hydrogen) atoms. The summed E-state index contributed by atoms with van der Waals surface area (Å²) < 4.78 is 0. The van der Waals surface area contributed by atoms with Crippen molar-refractivity contribution in [2.75, 3.05) is 0 Å². The van der Waals surface area contributed by atoms with Crippen LogP contribution in [0, 0.1) is 0 Å². The lowest BCUT2D eigenvalue weighted by molar-refractivity contribution is 0.812. The van der Waals surface area contributed by atoms with E-state index < -0.39 is 0 Å². The van der Waals surface area contributed by atoms with Gasteiger partial charge in [-0.3, -0.25) is 4.99 Å². The molecule has 1 heteroatoms. The predicted molar refractivity (Wildman–Crippen MR) is 121 cm³/mol. The topological polar surface area (TPSA) is 12.4 Å². The van der Waals surface area contributed by atoms with Gasteiger partial charge in [0.15, 0.2) is 0 Å². The van der Waals surface area contributed by atoms with E-state index in [9.17, 15) is 0 Å². The monoisotopic (exact) mass is 363 g/mol. The fourth-order valence-corrected chi connectivity index (χ4v) is 3.83. The van der Waals surface area contributed by atoms with Crippen molar-refractivity contribution in [1.82, 2.24) is 0 Å². The van der Waals surface area contributed by atoms with E-state index in [0.29, 0.717) is 23.7 Å². The van der Waals surface area contributed by atoms with Gasteiger partial charge in [-0.25, -0.2) is 0 Å². The van der Waals surface area contributed by atoms with E-state index in [2.05, 4.69) is 98.0 Å². The van der Waals surface area contributed by atoms with Crippen molar-refractivity contribution in [3.05, 3.63) is 64.2 Å². The molecule has 0 spiro atoms. The normalized spacial score (nSPS) is 12.3. The van der Waals surface area contributed by atoms with Gasteiger partial charge in [-0.2, -0.15) is 0 Å². The Morgan fingerprint density at radius 1 is 0.630 bits per heavy atom. The molecule has 0 aromatic heterocycles. The molecule has 0 N–H and O–H groups in total. The fraction of sp³-hybridized carbons (Fsp3) is 0.500. The van der Waals surface area contributed by atoms with Crippen molar-refractivity contribution in [2.45, 2.75) is 85.5 Å². The highest BCUT2D eigenvalue weighted by molar-refractivity contribution is 5.71. The molecular weight excluding hydrogens is 326 g/mol. The van der Waals surface area contributed by atoms with Crippen LogP contribution in [0.25, 0.3) is 0 Å². The van der Waals surface area contributed by atoms with Crippen LogP contribution >= 0.6 is 0 Å². The Hall–Kier alpha value is -1.89. The maximum absolute atomic E-state index is 5.02. The Kier molecular flexibility index (Phi) is 7.41. The fourth-order valence-electron chi connectivity index (χ4n) is 3.83. The van der Waals surface area contributed by atoms with Crippen LogP contribution in [0.3, 0.4) is 0 Å². The molecule has 2 rings (SSSR count). The lowest BCUT2D eigenvalue weighted by Crippen LogP contribution is -2.04. The Labute approximate surface area is 166 Å². The first-order chi connectivity index (χ1) is 12.7. The molecule has 2 aromatic rings. The Balaban J connectivity index is 2.45. The first-order valence-electron chi connectivity index (χ1n) is 10.5. The van der Waals surface area contributed by atoms with Crippen molar-refractivity contribution in [3.63, 3.8) is 0 Å². The second-order valence-corrected chi connectivity index (χ2v) is 8.83. The second-order valence-electron chi connectivity index (χ2n) is 8.83. The van der Waals surface area contributed by atoms with Gasteiger partial charge in [0, 0.05) is 12.6 Å². The summed E-state index contributed by atoms with van der Waals surface area (Å²) in [6, 6.07) is 13.4. The SMILES string of the molecule is CC(C)c1cccc(C(C)C)c1CC=Nc1c(C(C)C)cccc1C(C)C. The lowest BCUT2D eigenvalue weighted by atomic mass is 9.87. The maximum atomic E-state index is 5.02. The van der Waals surface area contributed by atoms with E-state index >= 15 is 0 Å². The number of hydrogen-bond acceptors (Lipinski definition) is 1. The van der Waals surface area contributed by atoms with E-state index in [0.717, 1.165) is 6.42 Å². The zero-order valence-electron chi connectivity index (χ0n) is 18.5. The Bertz CT molecular complexity index is 726. The van der Waals surface area contributed by atoms with E-state index in [1.54, 1.807) is 0 Å². The number of nitrogens with zero attached hydrogens (tertiary/aromatic N) is 1. The number of benzene rings is 2. The molecule has 1 nitrogen and oxygen atoms in total. The minimum absolute atomic E-state index is 0.477. The van der Waals surface area contributed by atoms with Gasteiger partial charge in [0.1, 0.15) is 0 Å². The molecule has 146 valence electrons. The van der Waals surface area contributed by atoms with Gasteiger partial charge in [-0.1, -0.05) is 91.8 Å². The summed E-state index contributed by atoms with van der Waals surface area (Å²) in [5.74, 6) is 2.01. The molecule has 0 saturated carbocycles. The van der Waals surface area contributed by atoms with Crippen molar-refractivity contribution < 1.29 is 0 Å². The quantitative estimate of drug-likeness (QED) is 0.440. The third kappa shape index (κ3) is 5.09. The Morgan fingerprint density at radius 2 is 1.00 bits per heavy atom. The van der Waals surface area contributed by atoms with Crippen LogP contribution < -0.4 is 0 Å². The number of rotatable bonds is 7. The molecule has 0 saturated heterocycles. The van der Waals surface area contributed by atoms with Crippen LogP contribution in [0.15, 0.2) is 41.4 Å². The van der Waals surface area contributed by atoms with E-state index in [4.69, 9.17) is 4.99 Å². The van der Waals surface area contributed by atoms with E-state index in [-0.39, 0.29) is 0 Å². The molecule has 0 aliphatic rings. The van der Waals surface area contributed by atoms with Crippen molar-refractivity contribution >= 4 is 11.9 Å². The summed E-state index contributed by atoms with van der Waals surface area (Å²) >= 11 is 0. The molecule has 0 aliphatic heterocycles. The van der Waals surface area contributed by atoms with Gasteiger partial charge >= 0.3 is 0 Å². The van der Waals surface area contributed by atoms with Crippen LogP contribution in [-0.4, -0.2) is 6.21 Å². The summed E-state index contributed by atoms with van der Waals surface area (Å²) in [4.78, 5) is 5.02. The largest absolute Gasteiger partial charge is 0.260 e. The van der Waals surface area contributed by atoms with Crippen molar-refractivity contribution in [1.29, 1.82) is 0 Å². The van der Waals surface area contributed by atoms with Crippen molar-refractivity contribution in [3.8, 4) is 0 Å². The number of aliphatic imine (C=N–C) groups is 1. The molecular formula is C26H37N. The zero-order chi connectivity index (χ0) is 20.1. The van der Waals surface area contributed by atoms with Gasteiger partial charge in [-0.15, -0.1) is 0 Å². The minimum Gasteiger partial charge on any atom is -0.260 e. The maximum Gasteiger partial charge on any atom is 0.0694 e. The standard InChI is InChI=1S/C26H37N/c1-17(2)21-11-9-12-22(18(3)4)25(21)15-16-27-26-23(19(5)6)13-10-14-24(26)20(7)8/h9-14,16-20H,15H2,1-8H3. The summed E-state index contributed by atoms with van der Waals surface area (Å²) in [7, 11) is 0. The number of para-hydroxylation sites is 1. The van der Waals surface area contributed by atoms with Crippen LogP contribution in [0.1, 0.15) is 107 Å². The average Bonchev–Trinajstić information content (AvgIpc) is 2.61. The molecule has 0 aliphatic carbocycles. The predicted octanol–water partition coefficient (Wildman–Crippen LogP) is 8.13. The van der Waals surface area contributed by atoms with E-state index in [1.165, 1.54) is 33.5 Å². The van der Waals surface area contributed by atoms with Gasteiger partial charge in [-0.05, 0) is 51.5 Å². The second kappa shape index (κ2) is 9.35. The van der Waals surface area contributed by atoms with Gasteiger partial charge in [0.25, 0.3) is 0 Å². The first-order valence-corrected chi connectivity index (χ1v) is 10.5. The van der Waals surface area contributed by atoms with Crippen LogP contribution in [0.5, 0.6) is 0 Å². The molecule has 0 fully saturated rings. The summed E-state index contributed by atoms with van der Waals surface area (Å²) in [5, 5.41) is 0. The number of hydrogen-bond donors (Lipinski definition) is 0. The third-order valence-corrected chi connectivity index (χ3v) is 5.35.